The van der Waals surface area contributed by atoms with Crippen molar-refractivity contribution in [2.75, 3.05) is 11.6 Å². The highest BCUT2D eigenvalue weighted by molar-refractivity contribution is 7.98. The fourth-order valence-electron chi connectivity index (χ4n) is 2.36. The summed E-state index contributed by atoms with van der Waals surface area (Å²) >= 11 is 6.87. The molecule has 3 rings (SSSR count). The largest absolute Gasteiger partial charge is 0.429 e. The van der Waals surface area contributed by atoms with Crippen LogP contribution < -0.4 is 5.32 Å². The molecule has 0 fully saturated rings. The molecular weight excluding hydrogens is 328 g/mol. The van der Waals surface area contributed by atoms with E-state index < -0.39 is 0 Å². The zero-order chi connectivity index (χ0) is 16.2. The number of fused-ring (bicyclic) bond motifs is 1. The van der Waals surface area contributed by atoms with Gasteiger partial charge in [0.05, 0.1) is 5.52 Å². The molecule has 1 heterocycles. The molecule has 0 saturated carbocycles. The SMILES string of the molecule is CSc1cccc(NC(=O)CCn2c(=S)oc3ccccc32)c1. The standard InChI is InChI=1S/C17H16N2O2S2/c1-23-13-6-4-5-12(11-13)18-16(20)9-10-19-14-7-2-3-8-15(14)21-17(19)22/h2-8,11H,9-10H2,1H3,(H,18,20). The van der Waals surface area contributed by atoms with Gasteiger partial charge in [0.25, 0.3) is 4.84 Å². The van der Waals surface area contributed by atoms with Gasteiger partial charge in [0.1, 0.15) is 0 Å². The molecule has 0 aliphatic carbocycles. The van der Waals surface area contributed by atoms with Crippen LogP contribution in [0.1, 0.15) is 6.42 Å². The molecule has 0 radical (unpaired) electrons. The van der Waals surface area contributed by atoms with E-state index in [0.29, 0.717) is 17.8 Å². The summed E-state index contributed by atoms with van der Waals surface area (Å²) in [5, 5.41) is 2.92. The quantitative estimate of drug-likeness (QED) is 0.538. The molecule has 0 spiro atoms. The first-order chi connectivity index (χ1) is 11.2. The molecule has 0 saturated heterocycles. The Kier molecular flexibility index (Phi) is 4.83. The second-order valence-corrected chi connectivity index (χ2v) is 6.25. The Bertz CT molecular complexity index is 899. The second-order valence-electron chi connectivity index (χ2n) is 5.02. The van der Waals surface area contributed by atoms with Crippen LogP contribution in [0.5, 0.6) is 0 Å². The monoisotopic (exact) mass is 344 g/mol. The molecule has 1 amide bonds. The third-order valence-electron chi connectivity index (χ3n) is 3.49. The predicted octanol–water partition coefficient (Wildman–Crippen LogP) is 4.71. The Morgan fingerprint density at radius 3 is 2.91 bits per heavy atom. The minimum Gasteiger partial charge on any atom is -0.429 e. The summed E-state index contributed by atoms with van der Waals surface area (Å²) in [6.07, 6.45) is 2.34. The molecule has 3 aromatic rings. The van der Waals surface area contributed by atoms with Crippen LogP contribution in [0.4, 0.5) is 5.69 Å². The summed E-state index contributed by atoms with van der Waals surface area (Å²) in [6, 6.07) is 15.4. The van der Waals surface area contributed by atoms with Crippen LogP contribution in [-0.2, 0) is 11.3 Å². The van der Waals surface area contributed by atoms with Gasteiger partial charge < -0.3 is 9.73 Å². The van der Waals surface area contributed by atoms with Crippen LogP contribution in [-0.4, -0.2) is 16.7 Å². The molecule has 1 aromatic heterocycles. The molecule has 0 unspecified atom stereocenters. The highest BCUT2D eigenvalue weighted by atomic mass is 32.2. The molecule has 6 heteroatoms. The Hall–Kier alpha value is -2.05. The number of rotatable bonds is 5. The van der Waals surface area contributed by atoms with Gasteiger partial charge in [0, 0.05) is 23.5 Å². The molecule has 0 aliphatic heterocycles. The highest BCUT2D eigenvalue weighted by Gasteiger charge is 2.09. The first-order valence-corrected chi connectivity index (χ1v) is 8.83. The lowest BCUT2D eigenvalue weighted by Gasteiger charge is -2.07. The van der Waals surface area contributed by atoms with Crippen molar-refractivity contribution in [2.45, 2.75) is 17.9 Å². The summed E-state index contributed by atoms with van der Waals surface area (Å²) in [6.45, 7) is 0.490. The van der Waals surface area contributed by atoms with E-state index in [1.165, 1.54) is 0 Å². The van der Waals surface area contributed by atoms with E-state index in [0.717, 1.165) is 21.7 Å². The van der Waals surface area contributed by atoms with Crippen LogP contribution in [0.15, 0.2) is 57.8 Å². The van der Waals surface area contributed by atoms with Gasteiger partial charge in [0.2, 0.25) is 5.91 Å². The van der Waals surface area contributed by atoms with E-state index in [4.69, 9.17) is 16.6 Å². The summed E-state index contributed by atoms with van der Waals surface area (Å²) in [5.41, 5.74) is 2.46. The van der Waals surface area contributed by atoms with Crippen molar-refractivity contribution >= 4 is 46.7 Å². The molecule has 23 heavy (non-hydrogen) atoms. The lowest BCUT2D eigenvalue weighted by molar-refractivity contribution is -0.116. The maximum Gasteiger partial charge on any atom is 0.269 e. The molecule has 0 bridgehead atoms. The van der Waals surface area contributed by atoms with Crippen molar-refractivity contribution in [1.29, 1.82) is 0 Å². The lowest BCUT2D eigenvalue weighted by Crippen LogP contribution is -2.14. The van der Waals surface area contributed by atoms with E-state index in [1.54, 1.807) is 11.8 Å². The van der Waals surface area contributed by atoms with E-state index >= 15 is 0 Å². The van der Waals surface area contributed by atoms with Crippen molar-refractivity contribution in [2.24, 2.45) is 0 Å². The first kappa shape index (κ1) is 15.8. The average molecular weight is 344 g/mol. The van der Waals surface area contributed by atoms with Crippen molar-refractivity contribution in [1.82, 2.24) is 4.57 Å². The number of oxazole rings is 1. The number of anilines is 1. The number of carbonyl (C=O) groups is 1. The van der Waals surface area contributed by atoms with Gasteiger partial charge in [-0.05, 0) is 48.8 Å². The van der Waals surface area contributed by atoms with Crippen molar-refractivity contribution in [3.05, 3.63) is 53.4 Å². The maximum atomic E-state index is 12.2. The van der Waals surface area contributed by atoms with Crippen LogP contribution >= 0.6 is 24.0 Å². The van der Waals surface area contributed by atoms with Crippen LogP contribution in [0.2, 0.25) is 0 Å². The number of amides is 1. The number of para-hydroxylation sites is 2. The number of aryl methyl sites for hydroxylation is 1. The topological polar surface area (TPSA) is 47.2 Å². The van der Waals surface area contributed by atoms with Crippen molar-refractivity contribution in [3.8, 4) is 0 Å². The van der Waals surface area contributed by atoms with Gasteiger partial charge in [-0.2, -0.15) is 0 Å². The van der Waals surface area contributed by atoms with Crippen LogP contribution in [0, 0.1) is 4.84 Å². The van der Waals surface area contributed by atoms with E-state index in [9.17, 15) is 4.79 Å². The fourth-order valence-corrected chi connectivity index (χ4v) is 3.10. The van der Waals surface area contributed by atoms with Gasteiger partial charge in [-0.3, -0.25) is 9.36 Å². The Morgan fingerprint density at radius 2 is 2.09 bits per heavy atom. The number of carbonyl (C=O) groups excluding carboxylic acids is 1. The van der Waals surface area contributed by atoms with Gasteiger partial charge in [0.15, 0.2) is 5.58 Å². The lowest BCUT2D eigenvalue weighted by atomic mass is 10.3. The number of hydrogen-bond donors (Lipinski definition) is 1. The van der Waals surface area contributed by atoms with E-state index in [2.05, 4.69) is 5.32 Å². The molecule has 1 N–H and O–H groups in total. The van der Waals surface area contributed by atoms with Gasteiger partial charge in [-0.25, -0.2) is 0 Å². The maximum absolute atomic E-state index is 12.2. The van der Waals surface area contributed by atoms with Crippen LogP contribution in [0.3, 0.4) is 0 Å². The molecular formula is C17H16N2O2S2. The van der Waals surface area contributed by atoms with E-state index in [1.807, 2.05) is 59.4 Å². The Balaban J connectivity index is 1.68. The highest BCUT2D eigenvalue weighted by Crippen LogP contribution is 2.20. The van der Waals surface area contributed by atoms with E-state index in [-0.39, 0.29) is 5.91 Å². The van der Waals surface area contributed by atoms with Crippen molar-refractivity contribution in [3.63, 3.8) is 0 Å². The van der Waals surface area contributed by atoms with Gasteiger partial charge in [-0.1, -0.05) is 18.2 Å². The van der Waals surface area contributed by atoms with Gasteiger partial charge in [-0.15, -0.1) is 11.8 Å². The zero-order valence-electron chi connectivity index (χ0n) is 12.6. The van der Waals surface area contributed by atoms with Crippen molar-refractivity contribution < 1.29 is 9.21 Å². The molecule has 0 aliphatic rings. The summed E-state index contributed by atoms with van der Waals surface area (Å²) in [7, 11) is 0. The van der Waals surface area contributed by atoms with Crippen LogP contribution in [0.25, 0.3) is 11.1 Å². The number of nitrogens with zero attached hydrogens (tertiary/aromatic N) is 1. The number of thioether (sulfide) groups is 1. The third-order valence-corrected chi connectivity index (χ3v) is 4.52. The molecule has 118 valence electrons. The minimum atomic E-state index is -0.0459. The first-order valence-electron chi connectivity index (χ1n) is 7.19. The number of benzene rings is 2. The normalized spacial score (nSPS) is 10.8. The smallest absolute Gasteiger partial charge is 0.269 e. The molecule has 0 atom stereocenters. The second kappa shape index (κ2) is 7.02. The summed E-state index contributed by atoms with van der Waals surface area (Å²) in [5.74, 6) is -0.0459. The zero-order valence-corrected chi connectivity index (χ0v) is 14.2. The summed E-state index contributed by atoms with van der Waals surface area (Å²) in [4.78, 5) is 13.7. The predicted molar refractivity (Wildman–Crippen MR) is 96.5 cm³/mol. The Morgan fingerprint density at radius 1 is 1.26 bits per heavy atom. The fraction of sp³-hybridized carbons (Fsp3) is 0.176. The number of nitrogens with one attached hydrogen (secondary N) is 1. The third kappa shape index (κ3) is 3.65. The molecule has 4 nitrogen and oxygen atoms in total. The Labute approximate surface area is 143 Å². The average Bonchev–Trinajstić information content (AvgIpc) is 2.88. The number of aromatic nitrogens is 1. The minimum absolute atomic E-state index is 0.0459. The summed E-state index contributed by atoms with van der Waals surface area (Å²) < 4.78 is 7.37. The number of hydrogen-bond acceptors (Lipinski definition) is 4. The molecule has 2 aromatic carbocycles. The van der Waals surface area contributed by atoms with Gasteiger partial charge >= 0.3 is 0 Å².